The number of allylic oxidation sites excluding steroid dienone is 2. The van der Waals surface area contributed by atoms with Crippen LogP contribution in [-0.4, -0.2) is 16.4 Å². The summed E-state index contributed by atoms with van der Waals surface area (Å²) in [6.45, 7) is 0. The number of carbonyl (C=O) groups is 1. The predicted octanol–water partition coefficient (Wildman–Crippen LogP) is 1.23. The molecule has 0 unspecified atom stereocenters. The zero-order valence-electron chi connectivity index (χ0n) is 5.32. The maximum absolute atomic E-state index is 8.56. The Morgan fingerprint density at radius 2 is 1.70 bits per heavy atom. The highest BCUT2D eigenvalue weighted by atomic mass is 16.6. The van der Waals surface area contributed by atoms with Crippen LogP contribution in [0.1, 0.15) is 6.42 Å². The Morgan fingerprint density at radius 1 is 1.30 bits per heavy atom. The number of hydrogen-bond donors (Lipinski definition) is 3. The van der Waals surface area contributed by atoms with Crippen LogP contribution < -0.4 is 5.32 Å². The van der Waals surface area contributed by atoms with Gasteiger partial charge in [0.1, 0.15) is 0 Å². The van der Waals surface area contributed by atoms with Gasteiger partial charge >= 0.3 is 6.16 Å². The first-order valence-corrected chi connectivity index (χ1v) is 2.71. The summed E-state index contributed by atoms with van der Waals surface area (Å²) < 4.78 is 0. The lowest BCUT2D eigenvalue weighted by Gasteiger charge is -1.92. The predicted molar refractivity (Wildman–Crippen MR) is 36.7 cm³/mol. The minimum atomic E-state index is -1.83. The van der Waals surface area contributed by atoms with Crippen molar-refractivity contribution < 1.29 is 15.0 Å². The Morgan fingerprint density at radius 3 is 1.80 bits per heavy atom. The van der Waals surface area contributed by atoms with E-state index in [4.69, 9.17) is 15.0 Å². The monoisotopic (exact) mass is 143 g/mol. The van der Waals surface area contributed by atoms with Gasteiger partial charge in [0.05, 0.1) is 0 Å². The fourth-order valence-electron chi connectivity index (χ4n) is 0.406. The van der Waals surface area contributed by atoms with E-state index in [-0.39, 0.29) is 0 Å². The van der Waals surface area contributed by atoms with Crippen LogP contribution in [0, 0.1) is 0 Å². The summed E-state index contributed by atoms with van der Waals surface area (Å²) in [6, 6.07) is 0. The third kappa shape index (κ3) is 9.75. The van der Waals surface area contributed by atoms with Gasteiger partial charge in [-0.05, 0) is 18.8 Å². The van der Waals surface area contributed by atoms with Gasteiger partial charge in [0.15, 0.2) is 0 Å². The van der Waals surface area contributed by atoms with Gasteiger partial charge in [-0.2, -0.15) is 0 Å². The third-order valence-corrected chi connectivity index (χ3v) is 0.700. The molecule has 1 heterocycles. The van der Waals surface area contributed by atoms with E-state index >= 15 is 0 Å². The van der Waals surface area contributed by atoms with Crippen LogP contribution in [0.25, 0.3) is 0 Å². The Labute approximate surface area is 58.5 Å². The van der Waals surface area contributed by atoms with E-state index in [1.807, 2.05) is 12.4 Å². The molecular formula is C6H9NO3. The number of hydrogen-bond acceptors (Lipinski definition) is 2. The number of carboxylic acid groups (broad SMARTS) is 2. The summed E-state index contributed by atoms with van der Waals surface area (Å²) in [5, 5.41) is 16.9. The fourth-order valence-corrected chi connectivity index (χ4v) is 0.406. The van der Waals surface area contributed by atoms with Crippen molar-refractivity contribution in [1.29, 1.82) is 0 Å². The van der Waals surface area contributed by atoms with Gasteiger partial charge in [-0.25, -0.2) is 4.79 Å². The highest BCUT2D eigenvalue weighted by Gasteiger charge is 1.73. The standard InChI is InChI=1S/C5H7N.CH2O3/c1-2-4-6-5-3-1;2-1(3)4/h2-6H,1H2;(H2,2,3,4). The van der Waals surface area contributed by atoms with Gasteiger partial charge in [0.2, 0.25) is 0 Å². The van der Waals surface area contributed by atoms with E-state index in [9.17, 15) is 0 Å². The van der Waals surface area contributed by atoms with Gasteiger partial charge in [0, 0.05) is 0 Å². The second-order valence-electron chi connectivity index (χ2n) is 1.49. The first-order chi connectivity index (χ1) is 4.73. The molecule has 0 aromatic carbocycles. The number of rotatable bonds is 0. The highest BCUT2D eigenvalue weighted by molar-refractivity contribution is 5.53. The Balaban J connectivity index is 0.000000180. The van der Waals surface area contributed by atoms with Crippen LogP contribution in [0.3, 0.4) is 0 Å². The molecule has 0 saturated heterocycles. The molecule has 0 saturated carbocycles. The molecule has 0 atom stereocenters. The lowest BCUT2D eigenvalue weighted by Crippen LogP contribution is -1.93. The Bertz CT molecular complexity index is 127. The highest BCUT2D eigenvalue weighted by Crippen LogP contribution is 1.86. The Kier molecular flexibility index (Phi) is 4.86. The van der Waals surface area contributed by atoms with Gasteiger partial charge in [0.25, 0.3) is 0 Å². The maximum Gasteiger partial charge on any atom is 0.503 e. The molecule has 0 amide bonds. The number of dihydropyridines is 1. The van der Waals surface area contributed by atoms with E-state index in [1.165, 1.54) is 0 Å². The van der Waals surface area contributed by atoms with Crippen LogP contribution in [0.5, 0.6) is 0 Å². The maximum atomic E-state index is 8.56. The molecule has 0 aliphatic carbocycles. The molecule has 4 heteroatoms. The van der Waals surface area contributed by atoms with Gasteiger partial charge in [-0.1, -0.05) is 12.2 Å². The molecule has 1 aliphatic heterocycles. The van der Waals surface area contributed by atoms with E-state index in [0.29, 0.717) is 0 Å². The second-order valence-corrected chi connectivity index (χ2v) is 1.49. The third-order valence-electron chi connectivity index (χ3n) is 0.700. The first kappa shape index (κ1) is 8.55. The molecule has 1 rings (SSSR count). The molecule has 0 aromatic heterocycles. The summed E-state index contributed by atoms with van der Waals surface area (Å²) in [5.41, 5.74) is 0. The molecule has 1 aliphatic rings. The van der Waals surface area contributed by atoms with Crippen LogP contribution in [-0.2, 0) is 0 Å². The molecule has 56 valence electrons. The fraction of sp³-hybridized carbons (Fsp3) is 0.167. The van der Waals surface area contributed by atoms with Crippen LogP contribution in [0.2, 0.25) is 0 Å². The van der Waals surface area contributed by atoms with Gasteiger partial charge < -0.3 is 15.5 Å². The van der Waals surface area contributed by atoms with Crippen LogP contribution in [0.15, 0.2) is 24.6 Å². The van der Waals surface area contributed by atoms with E-state index < -0.39 is 6.16 Å². The van der Waals surface area contributed by atoms with E-state index in [0.717, 1.165) is 6.42 Å². The van der Waals surface area contributed by atoms with Crippen molar-refractivity contribution in [1.82, 2.24) is 5.32 Å². The summed E-state index contributed by atoms with van der Waals surface area (Å²) in [5.74, 6) is 0. The summed E-state index contributed by atoms with van der Waals surface area (Å²) in [6.07, 6.45) is 7.24. The molecule has 0 fully saturated rings. The largest absolute Gasteiger partial charge is 0.503 e. The molecule has 4 nitrogen and oxygen atoms in total. The van der Waals surface area contributed by atoms with Gasteiger partial charge in [-0.15, -0.1) is 0 Å². The normalized spacial score (nSPS) is 12.8. The molecule has 0 radical (unpaired) electrons. The molecular weight excluding hydrogens is 134 g/mol. The quantitative estimate of drug-likeness (QED) is 0.477. The smallest absolute Gasteiger partial charge is 0.450 e. The van der Waals surface area contributed by atoms with Crippen LogP contribution in [0.4, 0.5) is 4.79 Å². The first-order valence-electron chi connectivity index (χ1n) is 2.71. The van der Waals surface area contributed by atoms with Gasteiger partial charge in [-0.3, -0.25) is 0 Å². The van der Waals surface area contributed by atoms with Crippen molar-refractivity contribution >= 4 is 6.16 Å². The van der Waals surface area contributed by atoms with Crippen molar-refractivity contribution in [3.05, 3.63) is 24.6 Å². The van der Waals surface area contributed by atoms with Crippen molar-refractivity contribution in [2.45, 2.75) is 6.42 Å². The van der Waals surface area contributed by atoms with Crippen molar-refractivity contribution in [3.8, 4) is 0 Å². The van der Waals surface area contributed by atoms with Crippen molar-refractivity contribution in [2.24, 2.45) is 0 Å². The van der Waals surface area contributed by atoms with Crippen molar-refractivity contribution in [2.75, 3.05) is 0 Å². The molecule has 0 aromatic rings. The second kappa shape index (κ2) is 5.68. The topological polar surface area (TPSA) is 69.6 Å². The van der Waals surface area contributed by atoms with Crippen LogP contribution >= 0.6 is 0 Å². The molecule has 3 N–H and O–H groups in total. The minimum Gasteiger partial charge on any atom is -0.450 e. The van der Waals surface area contributed by atoms with E-state index in [1.54, 1.807) is 0 Å². The lowest BCUT2D eigenvalue weighted by atomic mass is 10.4. The zero-order chi connectivity index (χ0) is 7.82. The summed E-state index contributed by atoms with van der Waals surface area (Å²) in [4.78, 5) is 8.56. The summed E-state index contributed by atoms with van der Waals surface area (Å²) in [7, 11) is 0. The molecule has 10 heavy (non-hydrogen) atoms. The summed E-state index contributed by atoms with van der Waals surface area (Å²) >= 11 is 0. The average Bonchev–Trinajstić information content (AvgIpc) is 1.90. The average molecular weight is 143 g/mol. The Hall–Kier alpha value is -1.45. The number of nitrogens with one attached hydrogen (secondary N) is 1. The molecule has 0 spiro atoms. The lowest BCUT2D eigenvalue weighted by molar-refractivity contribution is 0.137. The minimum absolute atomic E-state index is 1.08. The SMILES string of the molecule is C1=CNC=CC1.O=C(O)O. The van der Waals surface area contributed by atoms with Crippen molar-refractivity contribution in [3.63, 3.8) is 0 Å². The zero-order valence-corrected chi connectivity index (χ0v) is 5.32. The molecule has 0 bridgehead atoms. The van der Waals surface area contributed by atoms with E-state index in [2.05, 4.69) is 17.5 Å².